The summed E-state index contributed by atoms with van der Waals surface area (Å²) in [5.41, 5.74) is 2.28. The molecule has 0 aromatic carbocycles. The van der Waals surface area contributed by atoms with E-state index < -0.39 is 5.97 Å². The molecule has 0 aliphatic carbocycles. The maximum absolute atomic E-state index is 10.3. The fourth-order valence-electron chi connectivity index (χ4n) is 1.80. The van der Waals surface area contributed by atoms with Crippen molar-refractivity contribution in [3.8, 4) is 0 Å². The van der Waals surface area contributed by atoms with Gasteiger partial charge in [-0.3, -0.25) is 0 Å². The third-order valence-electron chi connectivity index (χ3n) is 2.60. The number of pyridine rings is 1. The molecule has 17 heavy (non-hydrogen) atoms. The minimum atomic E-state index is -0.887. The lowest BCUT2D eigenvalue weighted by molar-refractivity contribution is -0.131. The molecule has 88 valence electrons. The standard InChI is InChI=1S/C13H14N2O2/c16-13(17)8-3-1-2-5-11-6-4-7-12-9-14-10-15(11)12/h3-4,6-10H,1-2,5H2,(H,16,17). The van der Waals surface area contributed by atoms with Crippen molar-refractivity contribution in [2.75, 3.05) is 0 Å². The van der Waals surface area contributed by atoms with Gasteiger partial charge < -0.3 is 9.51 Å². The van der Waals surface area contributed by atoms with E-state index >= 15 is 0 Å². The predicted octanol–water partition coefficient (Wildman–Crippen LogP) is 2.30. The molecule has 1 N–H and O–H groups in total. The molecule has 0 saturated heterocycles. The fraction of sp³-hybridized carbons (Fsp3) is 0.231. The lowest BCUT2D eigenvalue weighted by Gasteiger charge is -2.03. The molecule has 0 unspecified atom stereocenters. The highest BCUT2D eigenvalue weighted by molar-refractivity contribution is 5.79. The summed E-state index contributed by atoms with van der Waals surface area (Å²) >= 11 is 0. The van der Waals surface area contributed by atoms with E-state index in [1.165, 1.54) is 11.8 Å². The number of carboxylic acids is 1. The Labute approximate surface area is 99.2 Å². The number of carbonyl (C=O) groups is 1. The number of hydrogen-bond acceptors (Lipinski definition) is 2. The first-order chi connectivity index (χ1) is 8.27. The van der Waals surface area contributed by atoms with Crippen molar-refractivity contribution in [3.63, 3.8) is 0 Å². The lowest BCUT2D eigenvalue weighted by atomic mass is 10.1. The zero-order chi connectivity index (χ0) is 12.1. The molecule has 4 nitrogen and oxygen atoms in total. The monoisotopic (exact) mass is 230 g/mol. The van der Waals surface area contributed by atoms with Crippen molar-refractivity contribution in [1.82, 2.24) is 9.38 Å². The van der Waals surface area contributed by atoms with Crippen LogP contribution in [0, 0.1) is 0 Å². The molecule has 0 bridgehead atoms. The molecule has 0 atom stereocenters. The molecule has 0 aliphatic heterocycles. The van der Waals surface area contributed by atoms with Crippen LogP contribution in [-0.4, -0.2) is 20.5 Å². The lowest BCUT2D eigenvalue weighted by Crippen LogP contribution is -1.95. The molecule has 2 heterocycles. The van der Waals surface area contributed by atoms with Crippen LogP contribution in [0.4, 0.5) is 0 Å². The van der Waals surface area contributed by atoms with E-state index in [1.54, 1.807) is 12.4 Å². The van der Waals surface area contributed by atoms with Gasteiger partial charge in [-0.2, -0.15) is 0 Å². The van der Waals surface area contributed by atoms with Gasteiger partial charge in [-0.05, 0) is 31.4 Å². The van der Waals surface area contributed by atoms with Gasteiger partial charge in [-0.15, -0.1) is 0 Å². The molecule has 0 fully saturated rings. The average Bonchev–Trinajstić information content (AvgIpc) is 2.77. The number of imidazole rings is 1. The van der Waals surface area contributed by atoms with Gasteiger partial charge in [-0.25, -0.2) is 9.78 Å². The smallest absolute Gasteiger partial charge is 0.327 e. The fourth-order valence-corrected chi connectivity index (χ4v) is 1.80. The zero-order valence-corrected chi connectivity index (χ0v) is 9.41. The highest BCUT2D eigenvalue weighted by Gasteiger charge is 1.99. The van der Waals surface area contributed by atoms with E-state index in [1.807, 2.05) is 18.3 Å². The molecular formula is C13H14N2O2. The van der Waals surface area contributed by atoms with Gasteiger partial charge >= 0.3 is 5.97 Å². The predicted molar refractivity (Wildman–Crippen MR) is 64.9 cm³/mol. The zero-order valence-electron chi connectivity index (χ0n) is 9.41. The molecule has 0 spiro atoms. The molecule has 2 aromatic heterocycles. The molecule has 2 rings (SSSR count). The van der Waals surface area contributed by atoms with Crippen LogP contribution < -0.4 is 0 Å². The summed E-state index contributed by atoms with van der Waals surface area (Å²) in [6.07, 6.45) is 9.13. The minimum Gasteiger partial charge on any atom is -0.478 e. The van der Waals surface area contributed by atoms with Gasteiger partial charge in [0.25, 0.3) is 0 Å². The number of fused-ring (bicyclic) bond motifs is 1. The van der Waals surface area contributed by atoms with E-state index in [0.29, 0.717) is 0 Å². The summed E-state index contributed by atoms with van der Waals surface area (Å²) in [6, 6.07) is 6.09. The van der Waals surface area contributed by atoms with Crippen LogP contribution in [0.2, 0.25) is 0 Å². The van der Waals surface area contributed by atoms with E-state index in [0.717, 1.165) is 24.8 Å². The minimum absolute atomic E-state index is 0.775. The third-order valence-corrected chi connectivity index (χ3v) is 2.60. The second kappa shape index (κ2) is 5.30. The topological polar surface area (TPSA) is 54.6 Å². The number of nitrogens with zero attached hydrogens (tertiary/aromatic N) is 2. The van der Waals surface area contributed by atoms with Gasteiger partial charge in [0.1, 0.15) is 0 Å². The summed E-state index contributed by atoms with van der Waals surface area (Å²) in [6.45, 7) is 0. The highest BCUT2D eigenvalue weighted by Crippen LogP contribution is 2.09. The Hall–Kier alpha value is -2.10. The normalized spacial score (nSPS) is 11.3. The Bertz CT molecular complexity index is 543. The van der Waals surface area contributed by atoms with E-state index in [2.05, 4.69) is 15.5 Å². The van der Waals surface area contributed by atoms with Crippen LogP contribution in [0.15, 0.2) is 42.9 Å². The Kier molecular flexibility index (Phi) is 3.55. The number of rotatable bonds is 5. The summed E-state index contributed by atoms with van der Waals surface area (Å²) in [5.74, 6) is -0.887. The van der Waals surface area contributed by atoms with Crippen LogP contribution >= 0.6 is 0 Å². The first kappa shape index (κ1) is 11.4. The second-order valence-corrected chi connectivity index (χ2v) is 3.84. The third kappa shape index (κ3) is 2.93. The van der Waals surface area contributed by atoms with Crippen molar-refractivity contribution in [3.05, 3.63) is 48.6 Å². The number of aryl methyl sites for hydroxylation is 1. The van der Waals surface area contributed by atoms with Gasteiger partial charge in [0.05, 0.1) is 18.0 Å². The molecule has 2 aromatic rings. The number of aromatic nitrogens is 2. The Balaban J connectivity index is 1.95. The Morgan fingerprint density at radius 3 is 3.18 bits per heavy atom. The number of hydrogen-bond donors (Lipinski definition) is 1. The summed E-state index contributed by atoms with van der Waals surface area (Å²) < 4.78 is 2.06. The van der Waals surface area contributed by atoms with Crippen molar-refractivity contribution >= 4 is 11.5 Å². The summed E-state index contributed by atoms with van der Waals surface area (Å²) in [5, 5.41) is 8.44. The van der Waals surface area contributed by atoms with Crippen LogP contribution in [-0.2, 0) is 11.2 Å². The van der Waals surface area contributed by atoms with Crippen LogP contribution in [0.3, 0.4) is 0 Å². The highest BCUT2D eigenvalue weighted by atomic mass is 16.4. The largest absolute Gasteiger partial charge is 0.478 e. The van der Waals surface area contributed by atoms with Crippen molar-refractivity contribution in [2.45, 2.75) is 19.3 Å². The van der Waals surface area contributed by atoms with Crippen molar-refractivity contribution in [1.29, 1.82) is 0 Å². The average molecular weight is 230 g/mol. The molecule has 0 aliphatic rings. The van der Waals surface area contributed by atoms with Crippen LogP contribution in [0.5, 0.6) is 0 Å². The Morgan fingerprint density at radius 2 is 2.35 bits per heavy atom. The first-order valence-electron chi connectivity index (χ1n) is 5.57. The molecule has 0 saturated carbocycles. The van der Waals surface area contributed by atoms with Gasteiger partial charge in [0.2, 0.25) is 0 Å². The van der Waals surface area contributed by atoms with E-state index in [-0.39, 0.29) is 0 Å². The maximum atomic E-state index is 10.3. The van der Waals surface area contributed by atoms with E-state index in [4.69, 9.17) is 5.11 Å². The van der Waals surface area contributed by atoms with Gasteiger partial charge in [0, 0.05) is 11.8 Å². The molecule has 4 heteroatoms. The van der Waals surface area contributed by atoms with Crippen molar-refractivity contribution in [2.24, 2.45) is 0 Å². The van der Waals surface area contributed by atoms with Gasteiger partial charge in [-0.1, -0.05) is 12.1 Å². The van der Waals surface area contributed by atoms with Gasteiger partial charge in [0.15, 0.2) is 0 Å². The number of allylic oxidation sites excluding steroid dienone is 1. The summed E-state index contributed by atoms with van der Waals surface area (Å²) in [4.78, 5) is 14.4. The quantitative estimate of drug-likeness (QED) is 0.633. The number of unbranched alkanes of at least 4 members (excludes halogenated alkanes) is 1. The SMILES string of the molecule is O=C(O)C=CCCCc1cccc2cncn12. The van der Waals surface area contributed by atoms with Crippen LogP contribution in [0.25, 0.3) is 5.52 Å². The van der Waals surface area contributed by atoms with Crippen molar-refractivity contribution < 1.29 is 9.90 Å². The second-order valence-electron chi connectivity index (χ2n) is 3.84. The maximum Gasteiger partial charge on any atom is 0.327 e. The number of carboxylic acid groups (broad SMARTS) is 1. The Morgan fingerprint density at radius 1 is 1.47 bits per heavy atom. The molecular weight excluding hydrogens is 216 g/mol. The molecule has 0 amide bonds. The molecule has 0 radical (unpaired) electrons. The van der Waals surface area contributed by atoms with E-state index in [9.17, 15) is 4.79 Å². The first-order valence-corrected chi connectivity index (χ1v) is 5.57. The number of aliphatic carboxylic acids is 1. The van der Waals surface area contributed by atoms with Crippen LogP contribution in [0.1, 0.15) is 18.5 Å². The summed E-state index contributed by atoms with van der Waals surface area (Å²) in [7, 11) is 0.